The van der Waals surface area contributed by atoms with E-state index in [2.05, 4.69) is 20.6 Å². The zero-order valence-corrected chi connectivity index (χ0v) is 13.3. The molecule has 1 saturated carbocycles. The number of aromatic nitrogens is 2. The van der Waals surface area contributed by atoms with Crippen molar-refractivity contribution >= 4 is 39.1 Å². The summed E-state index contributed by atoms with van der Waals surface area (Å²) in [5.74, 6) is 0.633. The highest BCUT2D eigenvalue weighted by molar-refractivity contribution is 7.15. The highest BCUT2D eigenvalue weighted by Crippen LogP contribution is 2.39. The Balaban J connectivity index is 1.47. The molecular formula is C17H16N4OS. The number of benzene rings is 1. The molecule has 0 unspecified atom stereocenters. The van der Waals surface area contributed by atoms with E-state index in [-0.39, 0.29) is 6.03 Å². The number of urea groups is 1. The van der Waals surface area contributed by atoms with Crippen LogP contribution >= 0.6 is 11.3 Å². The summed E-state index contributed by atoms with van der Waals surface area (Å²) in [4.78, 5) is 22.1. The standard InChI is InChI=1S/C17H16N4OS/c22-16(21-17-19-10-14(23-17)11-4-1-5-11)20-13-8-2-6-12-7-3-9-18-15(12)13/h2-3,6-11H,1,4-5H2,(H2,19,20,21,22). The molecule has 3 aromatic rings. The van der Waals surface area contributed by atoms with Crippen LogP contribution in [0.15, 0.2) is 42.7 Å². The van der Waals surface area contributed by atoms with Crippen LogP contribution in [0, 0.1) is 0 Å². The number of amides is 2. The highest BCUT2D eigenvalue weighted by Gasteiger charge is 2.22. The Morgan fingerprint density at radius 2 is 2.00 bits per heavy atom. The fourth-order valence-electron chi connectivity index (χ4n) is 2.68. The SMILES string of the molecule is O=C(Nc1ncc(C2CCC2)s1)Nc1cccc2cccnc12. The van der Waals surface area contributed by atoms with Crippen LogP contribution in [0.5, 0.6) is 0 Å². The van der Waals surface area contributed by atoms with Crippen molar-refractivity contribution in [3.05, 3.63) is 47.6 Å². The molecule has 2 N–H and O–H groups in total. The number of para-hydroxylation sites is 1. The summed E-state index contributed by atoms with van der Waals surface area (Å²) in [5.41, 5.74) is 1.47. The number of hydrogen-bond donors (Lipinski definition) is 2. The van der Waals surface area contributed by atoms with Gasteiger partial charge in [0.2, 0.25) is 0 Å². The molecule has 1 aromatic carbocycles. The van der Waals surface area contributed by atoms with Gasteiger partial charge in [0, 0.05) is 22.7 Å². The Hall–Kier alpha value is -2.47. The molecule has 0 atom stereocenters. The minimum Gasteiger partial charge on any atom is -0.306 e. The lowest BCUT2D eigenvalue weighted by Gasteiger charge is -2.23. The lowest BCUT2D eigenvalue weighted by atomic mass is 9.85. The largest absolute Gasteiger partial charge is 0.325 e. The smallest absolute Gasteiger partial charge is 0.306 e. The van der Waals surface area contributed by atoms with E-state index in [0.717, 1.165) is 10.9 Å². The van der Waals surface area contributed by atoms with Crippen LogP contribution in [-0.4, -0.2) is 16.0 Å². The molecule has 0 bridgehead atoms. The van der Waals surface area contributed by atoms with Crippen molar-refractivity contribution in [1.29, 1.82) is 0 Å². The van der Waals surface area contributed by atoms with Crippen LogP contribution in [0.3, 0.4) is 0 Å². The van der Waals surface area contributed by atoms with Crippen LogP contribution in [0.1, 0.15) is 30.1 Å². The van der Waals surface area contributed by atoms with E-state index in [1.54, 1.807) is 17.5 Å². The first-order chi connectivity index (χ1) is 11.3. The van der Waals surface area contributed by atoms with Crippen LogP contribution in [0.2, 0.25) is 0 Å². The summed E-state index contributed by atoms with van der Waals surface area (Å²) in [6.07, 6.45) is 7.35. The van der Waals surface area contributed by atoms with Crippen LogP contribution in [-0.2, 0) is 0 Å². The summed E-state index contributed by atoms with van der Waals surface area (Å²) in [7, 11) is 0. The number of hydrogen-bond acceptors (Lipinski definition) is 4. The third-order valence-corrected chi connectivity index (χ3v) is 5.21. The molecule has 23 heavy (non-hydrogen) atoms. The first-order valence-electron chi connectivity index (χ1n) is 7.67. The van der Waals surface area contributed by atoms with E-state index in [9.17, 15) is 4.79 Å². The monoisotopic (exact) mass is 324 g/mol. The second-order valence-corrected chi connectivity index (χ2v) is 6.72. The number of nitrogens with one attached hydrogen (secondary N) is 2. The Labute approximate surface area is 137 Å². The van der Waals surface area contributed by atoms with E-state index in [0.29, 0.717) is 16.7 Å². The van der Waals surface area contributed by atoms with Gasteiger partial charge in [-0.25, -0.2) is 9.78 Å². The Morgan fingerprint density at radius 1 is 1.13 bits per heavy atom. The zero-order valence-electron chi connectivity index (χ0n) is 12.5. The van der Waals surface area contributed by atoms with E-state index in [1.807, 2.05) is 36.5 Å². The highest BCUT2D eigenvalue weighted by atomic mass is 32.1. The molecule has 116 valence electrons. The predicted molar refractivity (Wildman–Crippen MR) is 93.1 cm³/mol. The number of nitrogens with zero attached hydrogens (tertiary/aromatic N) is 2. The van der Waals surface area contributed by atoms with Crippen molar-refractivity contribution in [1.82, 2.24) is 9.97 Å². The van der Waals surface area contributed by atoms with Crippen LogP contribution in [0.25, 0.3) is 10.9 Å². The zero-order chi connectivity index (χ0) is 15.6. The molecule has 6 heteroatoms. The maximum atomic E-state index is 12.2. The summed E-state index contributed by atoms with van der Waals surface area (Å²) in [6, 6.07) is 9.27. The molecule has 4 rings (SSSR count). The summed E-state index contributed by atoms with van der Waals surface area (Å²) in [5, 5.41) is 7.29. The lowest BCUT2D eigenvalue weighted by Crippen LogP contribution is -2.19. The predicted octanol–water partition coefficient (Wildman–Crippen LogP) is 4.60. The molecule has 0 aliphatic heterocycles. The van der Waals surface area contributed by atoms with Crippen LogP contribution < -0.4 is 10.6 Å². The third kappa shape index (κ3) is 2.90. The summed E-state index contributed by atoms with van der Waals surface area (Å²) >= 11 is 1.56. The Bertz CT molecular complexity index is 851. The van der Waals surface area contributed by atoms with Gasteiger partial charge in [-0.15, -0.1) is 11.3 Å². The van der Waals surface area contributed by atoms with E-state index in [4.69, 9.17) is 0 Å². The molecule has 2 amide bonds. The summed E-state index contributed by atoms with van der Waals surface area (Å²) in [6.45, 7) is 0. The van der Waals surface area contributed by atoms with Crippen molar-refractivity contribution in [2.45, 2.75) is 25.2 Å². The van der Waals surface area contributed by atoms with Crippen molar-refractivity contribution in [3.63, 3.8) is 0 Å². The maximum absolute atomic E-state index is 12.2. The minimum atomic E-state index is -0.294. The Morgan fingerprint density at radius 3 is 2.83 bits per heavy atom. The molecular weight excluding hydrogens is 308 g/mol. The second-order valence-electron chi connectivity index (χ2n) is 5.66. The van der Waals surface area contributed by atoms with E-state index < -0.39 is 0 Å². The molecule has 2 heterocycles. The molecule has 0 radical (unpaired) electrons. The van der Waals surface area contributed by atoms with Crippen molar-refractivity contribution in [2.24, 2.45) is 0 Å². The van der Waals surface area contributed by atoms with Gasteiger partial charge in [-0.2, -0.15) is 0 Å². The molecule has 0 saturated heterocycles. The van der Waals surface area contributed by atoms with E-state index >= 15 is 0 Å². The first-order valence-corrected chi connectivity index (χ1v) is 8.49. The number of fused-ring (bicyclic) bond motifs is 1. The van der Waals surface area contributed by atoms with Crippen molar-refractivity contribution < 1.29 is 4.79 Å². The number of thiazole rings is 1. The van der Waals surface area contributed by atoms with Gasteiger partial charge in [-0.1, -0.05) is 24.6 Å². The van der Waals surface area contributed by atoms with Crippen molar-refractivity contribution in [3.8, 4) is 0 Å². The van der Waals surface area contributed by atoms with Gasteiger partial charge in [-0.05, 0) is 30.9 Å². The number of anilines is 2. The van der Waals surface area contributed by atoms with Crippen LogP contribution in [0.4, 0.5) is 15.6 Å². The molecule has 1 aliphatic rings. The minimum absolute atomic E-state index is 0.294. The Kier molecular flexibility index (Phi) is 3.67. The second kappa shape index (κ2) is 5.96. The average molecular weight is 324 g/mol. The number of pyridine rings is 1. The number of carbonyl (C=O) groups excluding carboxylic acids is 1. The molecule has 0 spiro atoms. The van der Waals surface area contributed by atoms with Gasteiger partial charge >= 0.3 is 6.03 Å². The van der Waals surface area contributed by atoms with Crippen molar-refractivity contribution in [2.75, 3.05) is 10.6 Å². The van der Waals surface area contributed by atoms with Gasteiger partial charge < -0.3 is 5.32 Å². The van der Waals surface area contributed by atoms with Gasteiger partial charge in [-0.3, -0.25) is 10.3 Å². The average Bonchev–Trinajstić information content (AvgIpc) is 2.93. The molecule has 2 aromatic heterocycles. The van der Waals surface area contributed by atoms with Gasteiger partial charge in [0.05, 0.1) is 11.2 Å². The fourth-order valence-corrected chi connectivity index (χ4v) is 3.66. The molecule has 5 nitrogen and oxygen atoms in total. The number of carbonyl (C=O) groups is 1. The van der Waals surface area contributed by atoms with E-state index in [1.165, 1.54) is 24.1 Å². The van der Waals surface area contributed by atoms with Gasteiger partial charge in [0.25, 0.3) is 0 Å². The van der Waals surface area contributed by atoms with Gasteiger partial charge in [0.15, 0.2) is 5.13 Å². The maximum Gasteiger partial charge on any atom is 0.325 e. The third-order valence-electron chi connectivity index (χ3n) is 4.13. The normalized spacial score (nSPS) is 14.4. The fraction of sp³-hybridized carbons (Fsp3) is 0.235. The quantitative estimate of drug-likeness (QED) is 0.739. The molecule has 1 aliphatic carbocycles. The van der Waals surface area contributed by atoms with Gasteiger partial charge in [0.1, 0.15) is 0 Å². The summed E-state index contributed by atoms with van der Waals surface area (Å²) < 4.78 is 0. The first kappa shape index (κ1) is 14.1. The topological polar surface area (TPSA) is 66.9 Å². The lowest BCUT2D eigenvalue weighted by molar-refractivity contribution is 0.262. The molecule has 1 fully saturated rings. The number of rotatable bonds is 3.